The Morgan fingerprint density at radius 3 is 2.33 bits per heavy atom. The Balaban J connectivity index is 3.22. The topological polar surface area (TPSA) is 32.3 Å². The number of nitrogens with one attached hydrogen (secondary N) is 1. The summed E-state index contributed by atoms with van der Waals surface area (Å²) in [6.07, 6.45) is 7.58. The zero-order valence-electron chi connectivity index (χ0n) is 10.8. The summed E-state index contributed by atoms with van der Waals surface area (Å²) in [4.78, 5) is 0. The minimum absolute atomic E-state index is 0.234. The third kappa shape index (κ3) is 10.2. The fourth-order valence-corrected chi connectivity index (χ4v) is 1.67. The van der Waals surface area contributed by atoms with Crippen LogP contribution in [0.25, 0.3) is 0 Å². The zero-order chi connectivity index (χ0) is 11.6. The van der Waals surface area contributed by atoms with Crippen molar-refractivity contribution in [2.45, 2.75) is 59.3 Å². The van der Waals surface area contributed by atoms with Crippen LogP contribution in [-0.2, 0) is 0 Å². The number of unbranched alkanes of at least 4 members (excludes halogenated alkanes) is 4. The maximum atomic E-state index is 8.87. The molecule has 2 nitrogen and oxygen atoms in total. The van der Waals surface area contributed by atoms with E-state index in [4.69, 9.17) is 5.11 Å². The summed E-state index contributed by atoms with van der Waals surface area (Å²) in [6.45, 7) is 9.08. The quantitative estimate of drug-likeness (QED) is 0.549. The normalized spacial score (nSPS) is 12.0. The first-order valence-corrected chi connectivity index (χ1v) is 6.44. The van der Waals surface area contributed by atoms with E-state index in [1.165, 1.54) is 32.1 Å². The molecule has 0 spiro atoms. The molecule has 0 rings (SSSR count). The van der Waals surface area contributed by atoms with Gasteiger partial charge in [-0.25, -0.2) is 0 Å². The summed E-state index contributed by atoms with van der Waals surface area (Å²) >= 11 is 0. The van der Waals surface area contributed by atoms with Crippen molar-refractivity contribution in [2.24, 2.45) is 5.41 Å². The summed E-state index contributed by atoms with van der Waals surface area (Å²) in [7, 11) is 0. The summed E-state index contributed by atoms with van der Waals surface area (Å²) in [5.41, 5.74) is 0.234. The molecule has 92 valence electrons. The monoisotopic (exact) mass is 215 g/mol. The smallest absolute Gasteiger partial charge is 0.0436 e. The van der Waals surface area contributed by atoms with Crippen molar-refractivity contribution >= 4 is 0 Å². The van der Waals surface area contributed by atoms with E-state index in [-0.39, 0.29) is 5.41 Å². The second-order valence-electron chi connectivity index (χ2n) is 5.23. The Hall–Kier alpha value is -0.0800. The molecule has 0 aliphatic rings. The molecule has 15 heavy (non-hydrogen) atoms. The highest BCUT2D eigenvalue weighted by atomic mass is 16.3. The lowest BCUT2D eigenvalue weighted by Crippen LogP contribution is -2.30. The maximum absolute atomic E-state index is 8.87. The highest BCUT2D eigenvalue weighted by molar-refractivity contribution is 4.70. The van der Waals surface area contributed by atoms with Crippen LogP contribution in [0.4, 0.5) is 0 Å². The molecule has 0 bridgehead atoms. The minimum atomic E-state index is 0.234. The lowest BCUT2D eigenvalue weighted by Gasteiger charge is -2.23. The number of hydrogen-bond donors (Lipinski definition) is 2. The van der Waals surface area contributed by atoms with Crippen LogP contribution in [0.2, 0.25) is 0 Å². The van der Waals surface area contributed by atoms with E-state index in [1.807, 2.05) is 0 Å². The van der Waals surface area contributed by atoms with E-state index in [9.17, 15) is 0 Å². The lowest BCUT2D eigenvalue weighted by molar-refractivity contribution is 0.207. The third-order valence-electron chi connectivity index (χ3n) is 2.85. The average molecular weight is 215 g/mol. The van der Waals surface area contributed by atoms with Crippen LogP contribution in [0.5, 0.6) is 0 Å². The van der Waals surface area contributed by atoms with E-state index >= 15 is 0 Å². The van der Waals surface area contributed by atoms with Gasteiger partial charge in [0.05, 0.1) is 0 Å². The molecule has 0 fully saturated rings. The fraction of sp³-hybridized carbons (Fsp3) is 1.00. The van der Waals surface area contributed by atoms with Gasteiger partial charge in [-0.05, 0) is 24.8 Å². The van der Waals surface area contributed by atoms with Crippen molar-refractivity contribution < 1.29 is 5.11 Å². The highest BCUT2D eigenvalue weighted by Crippen LogP contribution is 2.17. The molecule has 2 heteroatoms. The molecule has 0 radical (unpaired) electrons. The molecule has 2 N–H and O–H groups in total. The van der Waals surface area contributed by atoms with E-state index in [0.29, 0.717) is 6.61 Å². The number of aliphatic hydroxyl groups excluding tert-OH is 1. The molecule has 0 aromatic carbocycles. The summed E-state index contributed by atoms with van der Waals surface area (Å²) in [5.74, 6) is 0. The zero-order valence-corrected chi connectivity index (χ0v) is 10.8. The van der Waals surface area contributed by atoms with E-state index in [0.717, 1.165) is 19.5 Å². The van der Waals surface area contributed by atoms with Gasteiger partial charge >= 0.3 is 0 Å². The molecule has 0 aliphatic heterocycles. The molecule has 0 aliphatic carbocycles. The van der Waals surface area contributed by atoms with Crippen molar-refractivity contribution in [1.29, 1.82) is 0 Å². The Morgan fingerprint density at radius 1 is 1.07 bits per heavy atom. The van der Waals surface area contributed by atoms with Crippen LogP contribution in [0, 0.1) is 5.41 Å². The SMILES string of the molecule is CCCCCCCNCC(C)(C)CCO. The molecule has 0 unspecified atom stereocenters. The van der Waals surface area contributed by atoms with E-state index in [1.54, 1.807) is 0 Å². The van der Waals surface area contributed by atoms with Crippen LogP contribution in [-0.4, -0.2) is 24.8 Å². The first-order valence-electron chi connectivity index (χ1n) is 6.44. The van der Waals surface area contributed by atoms with Gasteiger partial charge in [-0.2, -0.15) is 0 Å². The van der Waals surface area contributed by atoms with E-state index < -0.39 is 0 Å². The summed E-state index contributed by atoms with van der Waals surface area (Å²) in [6, 6.07) is 0. The molecule has 0 aromatic heterocycles. The van der Waals surface area contributed by atoms with Crippen LogP contribution in [0.15, 0.2) is 0 Å². The van der Waals surface area contributed by atoms with Gasteiger partial charge in [-0.3, -0.25) is 0 Å². The van der Waals surface area contributed by atoms with Crippen LogP contribution < -0.4 is 5.32 Å². The Kier molecular flexibility index (Phi) is 9.12. The largest absolute Gasteiger partial charge is 0.396 e. The third-order valence-corrected chi connectivity index (χ3v) is 2.85. The van der Waals surface area contributed by atoms with Crippen molar-refractivity contribution in [3.63, 3.8) is 0 Å². The molecule has 0 amide bonds. The second-order valence-corrected chi connectivity index (χ2v) is 5.23. The van der Waals surface area contributed by atoms with Gasteiger partial charge in [0.2, 0.25) is 0 Å². The van der Waals surface area contributed by atoms with Gasteiger partial charge in [-0.1, -0.05) is 46.5 Å². The van der Waals surface area contributed by atoms with Gasteiger partial charge in [0.1, 0.15) is 0 Å². The van der Waals surface area contributed by atoms with Crippen molar-refractivity contribution in [3.8, 4) is 0 Å². The van der Waals surface area contributed by atoms with Crippen molar-refractivity contribution in [3.05, 3.63) is 0 Å². The Bertz CT molecular complexity index is 134. The number of rotatable bonds is 10. The Morgan fingerprint density at radius 2 is 1.73 bits per heavy atom. The average Bonchev–Trinajstić information content (AvgIpc) is 2.16. The molecule has 0 atom stereocenters. The van der Waals surface area contributed by atoms with Crippen LogP contribution >= 0.6 is 0 Å². The molecule has 0 saturated carbocycles. The Labute approximate surface area is 95.5 Å². The lowest BCUT2D eigenvalue weighted by atomic mass is 9.90. The standard InChI is InChI=1S/C13H29NO/c1-4-5-6-7-8-10-14-12-13(2,3)9-11-15/h14-15H,4-12H2,1-3H3. The maximum Gasteiger partial charge on any atom is 0.0436 e. The number of aliphatic hydroxyl groups is 1. The van der Waals surface area contributed by atoms with Gasteiger partial charge in [0.15, 0.2) is 0 Å². The van der Waals surface area contributed by atoms with Crippen LogP contribution in [0.1, 0.15) is 59.3 Å². The van der Waals surface area contributed by atoms with Crippen molar-refractivity contribution in [1.82, 2.24) is 5.32 Å². The summed E-state index contributed by atoms with van der Waals surface area (Å²) in [5, 5.41) is 12.4. The van der Waals surface area contributed by atoms with Gasteiger partial charge < -0.3 is 10.4 Å². The minimum Gasteiger partial charge on any atom is -0.396 e. The highest BCUT2D eigenvalue weighted by Gasteiger charge is 2.15. The molecule has 0 heterocycles. The summed E-state index contributed by atoms with van der Waals surface area (Å²) < 4.78 is 0. The second kappa shape index (κ2) is 9.17. The van der Waals surface area contributed by atoms with E-state index in [2.05, 4.69) is 26.1 Å². The van der Waals surface area contributed by atoms with Crippen LogP contribution in [0.3, 0.4) is 0 Å². The molecular weight excluding hydrogens is 186 g/mol. The van der Waals surface area contributed by atoms with Gasteiger partial charge in [0.25, 0.3) is 0 Å². The predicted molar refractivity (Wildman–Crippen MR) is 67.1 cm³/mol. The molecule has 0 aromatic rings. The first kappa shape index (κ1) is 14.9. The predicted octanol–water partition coefficient (Wildman–Crippen LogP) is 2.96. The fourth-order valence-electron chi connectivity index (χ4n) is 1.67. The van der Waals surface area contributed by atoms with Gasteiger partial charge in [0, 0.05) is 13.2 Å². The van der Waals surface area contributed by atoms with Crippen molar-refractivity contribution in [2.75, 3.05) is 19.7 Å². The van der Waals surface area contributed by atoms with Gasteiger partial charge in [-0.15, -0.1) is 0 Å². The number of hydrogen-bond acceptors (Lipinski definition) is 2. The molecule has 0 saturated heterocycles. The molecular formula is C13H29NO. The first-order chi connectivity index (χ1) is 7.12.